The van der Waals surface area contributed by atoms with Gasteiger partial charge in [-0.3, -0.25) is 0 Å². The number of hydrogen-bond acceptors (Lipinski definition) is 1. The van der Waals surface area contributed by atoms with E-state index >= 15 is 0 Å². The summed E-state index contributed by atoms with van der Waals surface area (Å²) in [5, 5.41) is 0. The lowest BCUT2D eigenvalue weighted by Gasteiger charge is -2.42. The number of rotatable bonds is 2. The highest BCUT2D eigenvalue weighted by Gasteiger charge is 2.37. The molecule has 0 aromatic heterocycles. The average Bonchev–Trinajstić information content (AvgIpc) is 2.34. The van der Waals surface area contributed by atoms with Crippen LogP contribution >= 0.6 is 0 Å². The Morgan fingerprint density at radius 3 is 2.25 bits per heavy atom. The molecule has 3 unspecified atom stereocenters. The molecule has 1 nitrogen and oxygen atoms in total. The molecule has 0 amide bonds. The first-order chi connectivity index (χ1) is 9.21. The fraction of sp³-hybridized carbons (Fsp3) is 0.684. The fourth-order valence-corrected chi connectivity index (χ4v) is 3.52. The molecular formula is C19H31N. The Balaban J connectivity index is 2.13. The van der Waals surface area contributed by atoms with E-state index in [1.54, 1.807) is 0 Å². The van der Waals surface area contributed by atoms with E-state index in [9.17, 15) is 0 Å². The highest BCUT2D eigenvalue weighted by molar-refractivity contribution is 5.28. The summed E-state index contributed by atoms with van der Waals surface area (Å²) >= 11 is 0. The molecule has 20 heavy (non-hydrogen) atoms. The fourth-order valence-electron chi connectivity index (χ4n) is 3.52. The van der Waals surface area contributed by atoms with Gasteiger partial charge in [0.15, 0.2) is 0 Å². The molecule has 1 saturated carbocycles. The first-order valence-corrected chi connectivity index (χ1v) is 8.09. The molecule has 1 aliphatic rings. The van der Waals surface area contributed by atoms with Crippen molar-refractivity contribution in [1.29, 1.82) is 0 Å². The van der Waals surface area contributed by atoms with Crippen molar-refractivity contribution < 1.29 is 0 Å². The predicted octanol–water partition coefficient (Wildman–Crippen LogP) is 4.68. The average molecular weight is 273 g/mol. The number of hydrogen-bond donors (Lipinski definition) is 1. The normalized spacial score (nSPS) is 31.3. The van der Waals surface area contributed by atoms with Gasteiger partial charge in [0.25, 0.3) is 0 Å². The van der Waals surface area contributed by atoms with Gasteiger partial charge in [0.1, 0.15) is 0 Å². The second-order valence-corrected chi connectivity index (χ2v) is 8.14. The summed E-state index contributed by atoms with van der Waals surface area (Å²) in [6.45, 7) is 11.5. The van der Waals surface area contributed by atoms with Crippen molar-refractivity contribution in [3.63, 3.8) is 0 Å². The molecule has 0 heterocycles. The monoisotopic (exact) mass is 273 g/mol. The largest absolute Gasteiger partial charge is 0.325 e. The maximum atomic E-state index is 6.75. The summed E-state index contributed by atoms with van der Waals surface area (Å²) in [6.07, 6.45) is 4.79. The van der Waals surface area contributed by atoms with Gasteiger partial charge in [-0.1, -0.05) is 65.3 Å². The highest BCUT2D eigenvalue weighted by Crippen LogP contribution is 2.37. The van der Waals surface area contributed by atoms with Gasteiger partial charge in [-0.05, 0) is 47.6 Å². The van der Waals surface area contributed by atoms with Crippen LogP contribution in [0.15, 0.2) is 24.3 Å². The lowest BCUT2D eigenvalue weighted by Crippen LogP contribution is -2.51. The van der Waals surface area contributed by atoms with Crippen LogP contribution in [0.4, 0.5) is 0 Å². The molecule has 2 rings (SSSR count). The molecule has 1 aliphatic carbocycles. The van der Waals surface area contributed by atoms with E-state index in [1.165, 1.54) is 24.0 Å². The van der Waals surface area contributed by atoms with Crippen LogP contribution in [0.5, 0.6) is 0 Å². The summed E-state index contributed by atoms with van der Waals surface area (Å²) in [7, 11) is 0. The minimum Gasteiger partial charge on any atom is -0.325 e. The minimum absolute atomic E-state index is 0.0130. The van der Waals surface area contributed by atoms with Gasteiger partial charge in [-0.25, -0.2) is 0 Å². The van der Waals surface area contributed by atoms with Crippen molar-refractivity contribution >= 4 is 0 Å². The van der Waals surface area contributed by atoms with Gasteiger partial charge in [0.05, 0.1) is 0 Å². The van der Waals surface area contributed by atoms with Gasteiger partial charge in [0, 0.05) is 5.54 Å². The molecule has 0 bridgehead atoms. The third-order valence-electron chi connectivity index (χ3n) is 5.16. The third-order valence-corrected chi connectivity index (χ3v) is 5.16. The van der Waals surface area contributed by atoms with Gasteiger partial charge >= 0.3 is 0 Å². The quantitative estimate of drug-likeness (QED) is 0.832. The van der Waals surface area contributed by atoms with Crippen LogP contribution in [0.3, 0.4) is 0 Å². The SMILES string of the molecule is CC1CCC(C)C(N)(Cc2ccc(C(C)(C)C)cc2)C1. The lowest BCUT2D eigenvalue weighted by atomic mass is 9.67. The van der Waals surface area contributed by atoms with Crippen molar-refractivity contribution in [2.75, 3.05) is 0 Å². The molecule has 0 saturated heterocycles. The zero-order chi connectivity index (χ0) is 15.0. The minimum atomic E-state index is -0.0130. The van der Waals surface area contributed by atoms with Crippen molar-refractivity contribution in [2.45, 2.75) is 71.3 Å². The van der Waals surface area contributed by atoms with Crippen LogP contribution in [-0.2, 0) is 11.8 Å². The third kappa shape index (κ3) is 3.44. The van der Waals surface area contributed by atoms with E-state index in [1.807, 2.05) is 0 Å². The first kappa shape index (κ1) is 15.6. The van der Waals surface area contributed by atoms with Gasteiger partial charge < -0.3 is 5.73 Å². The number of nitrogens with two attached hydrogens (primary N) is 1. The Kier molecular flexibility index (Phi) is 4.30. The van der Waals surface area contributed by atoms with Crippen molar-refractivity contribution in [2.24, 2.45) is 17.6 Å². The topological polar surface area (TPSA) is 26.0 Å². The Morgan fingerprint density at radius 2 is 1.70 bits per heavy atom. The summed E-state index contributed by atoms with van der Waals surface area (Å²) in [6, 6.07) is 9.10. The molecule has 0 aliphatic heterocycles. The second kappa shape index (κ2) is 5.52. The van der Waals surface area contributed by atoms with Crippen molar-refractivity contribution in [3.05, 3.63) is 35.4 Å². The molecule has 112 valence electrons. The van der Waals surface area contributed by atoms with Crippen LogP contribution in [0.2, 0.25) is 0 Å². The maximum absolute atomic E-state index is 6.75. The van der Waals surface area contributed by atoms with Crippen LogP contribution in [-0.4, -0.2) is 5.54 Å². The molecule has 1 heteroatoms. The molecule has 0 radical (unpaired) electrons. The molecule has 1 aromatic rings. The van der Waals surface area contributed by atoms with E-state index in [0.29, 0.717) is 5.92 Å². The van der Waals surface area contributed by atoms with Crippen molar-refractivity contribution in [1.82, 2.24) is 0 Å². The Morgan fingerprint density at radius 1 is 1.10 bits per heavy atom. The van der Waals surface area contributed by atoms with Gasteiger partial charge in [0.2, 0.25) is 0 Å². The Bertz CT molecular complexity index is 440. The van der Waals surface area contributed by atoms with Crippen molar-refractivity contribution in [3.8, 4) is 0 Å². The molecule has 2 N–H and O–H groups in total. The zero-order valence-corrected chi connectivity index (χ0v) is 13.9. The Hall–Kier alpha value is -0.820. The van der Waals surface area contributed by atoms with E-state index < -0.39 is 0 Å². The van der Waals surface area contributed by atoms with Crippen LogP contribution < -0.4 is 5.73 Å². The summed E-state index contributed by atoms with van der Waals surface area (Å²) < 4.78 is 0. The van der Waals surface area contributed by atoms with E-state index in [2.05, 4.69) is 58.9 Å². The number of benzene rings is 1. The summed E-state index contributed by atoms with van der Waals surface area (Å²) in [5.74, 6) is 1.39. The second-order valence-electron chi connectivity index (χ2n) is 8.14. The lowest BCUT2D eigenvalue weighted by molar-refractivity contribution is 0.161. The van der Waals surface area contributed by atoms with E-state index in [-0.39, 0.29) is 11.0 Å². The smallest absolute Gasteiger partial charge is 0.0223 e. The maximum Gasteiger partial charge on any atom is 0.0223 e. The van der Waals surface area contributed by atoms with Crippen LogP contribution in [0.1, 0.15) is 65.0 Å². The summed E-state index contributed by atoms with van der Waals surface area (Å²) in [5.41, 5.74) is 9.75. The molecule has 3 atom stereocenters. The molecule has 0 spiro atoms. The van der Waals surface area contributed by atoms with E-state index in [4.69, 9.17) is 5.73 Å². The zero-order valence-electron chi connectivity index (χ0n) is 13.9. The van der Waals surface area contributed by atoms with E-state index in [0.717, 1.165) is 18.8 Å². The molecular weight excluding hydrogens is 242 g/mol. The molecule has 1 fully saturated rings. The van der Waals surface area contributed by atoms with Crippen LogP contribution in [0.25, 0.3) is 0 Å². The predicted molar refractivity (Wildman–Crippen MR) is 87.9 cm³/mol. The summed E-state index contributed by atoms with van der Waals surface area (Å²) in [4.78, 5) is 0. The van der Waals surface area contributed by atoms with Gasteiger partial charge in [-0.15, -0.1) is 0 Å². The standard InChI is InChI=1S/C19H31N/c1-14-6-7-15(2)19(20,12-14)13-16-8-10-17(11-9-16)18(3,4)5/h8-11,14-15H,6-7,12-13,20H2,1-5H3. The molecule has 1 aromatic carbocycles. The highest BCUT2D eigenvalue weighted by atomic mass is 14.8. The van der Waals surface area contributed by atoms with Crippen LogP contribution in [0, 0.1) is 11.8 Å². The Labute approximate surface area is 125 Å². The van der Waals surface area contributed by atoms with Gasteiger partial charge in [-0.2, -0.15) is 0 Å². The first-order valence-electron chi connectivity index (χ1n) is 8.09.